The van der Waals surface area contributed by atoms with Gasteiger partial charge in [0.05, 0.1) is 11.5 Å². The quantitative estimate of drug-likeness (QED) is 0.179. The zero-order chi connectivity index (χ0) is 32.7. The van der Waals surface area contributed by atoms with Crippen LogP contribution in [0, 0.1) is 56.7 Å². The van der Waals surface area contributed by atoms with E-state index in [4.69, 9.17) is 4.74 Å². The van der Waals surface area contributed by atoms with Crippen LogP contribution in [0.2, 0.25) is 0 Å². The topological polar surface area (TPSA) is 104 Å². The number of fused-ring (bicyclic) bond motifs is 7. The number of hydrogen-bond acceptors (Lipinski definition) is 5. The lowest BCUT2D eigenvalue weighted by atomic mass is 9.33. The maximum Gasteiger partial charge on any atom is 0.331 e. The summed E-state index contributed by atoms with van der Waals surface area (Å²) in [6.45, 7) is 16.2. The SMILES string of the molecule is C[C@H]1[C@H](C)CC[C@]2(C(=O)O)CC[C@]3(C)C(=CCC4[C@@]5(C)C[C@@H](O)C(OC(=O)/C=C/c6ccc(O)cc6)C(C)(C)C5CC[C@]43C)[C@H]12. The molecule has 0 bridgehead atoms. The molecule has 246 valence electrons. The normalized spacial score (nSPS) is 45.3. The van der Waals surface area contributed by atoms with Crippen LogP contribution >= 0.6 is 0 Å². The highest BCUT2D eigenvalue weighted by molar-refractivity contribution is 5.87. The second-order valence-corrected chi connectivity index (χ2v) is 17.0. The zero-order valence-corrected chi connectivity index (χ0v) is 28.3. The van der Waals surface area contributed by atoms with Crippen LogP contribution in [0.15, 0.2) is 42.0 Å². The molecule has 0 radical (unpaired) electrons. The summed E-state index contributed by atoms with van der Waals surface area (Å²) >= 11 is 0. The molecule has 0 aromatic heterocycles. The number of carboxylic acid groups (broad SMARTS) is 1. The van der Waals surface area contributed by atoms with E-state index in [1.807, 2.05) is 0 Å². The second kappa shape index (κ2) is 10.7. The van der Waals surface area contributed by atoms with Gasteiger partial charge in [-0.2, -0.15) is 0 Å². The average Bonchev–Trinajstić information content (AvgIpc) is 2.97. The lowest BCUT2D eigenvalue weighted by Crippen LogP contribution is -2.67. The number of phenols is 1. The van der Waals surface area contributed by atoms with Gasteiger partial charge < -0.3 is 20.1 Å². The number of carbonyl (C=O) groups is 2. The maximum atomic E-state index is 13.0. The van der Waals surface area contributed by atoms with Crippen molar-refractivity contribution in [1.82, 2.24) is 0 Å². The molecule has 6 heteroatoms. The van der Waals surface area contributed by atoms with Gasteiger partial charge in [0.15, 0.2) is 0 Å². The molecule has 6 rings (SSSR count). The molecular formula is C39H54O6. The Morgan fingerprint density at radius 3 is 2.29 bits per heavy atom. The third-order valence-corrected chi connectivity index (χ3v) is 14.9. The molecule has 45 heavy (non-hydrogen) atoms. The molecule has 0 spiro atoms. The molecule has 1 aromatic carbocycles. The van der Waals surface area contributed by atoms with E-state index in [-0.39, 0.29) is 33.8 Å². The number of ether oxygens (including phenoxy) is 1. The van der Waals surface area contributed by atoms with Crippen molar-refractivity contribution < 1.29 is 29.6 Å². The number of carbonyl (C=O) groups excluding carboxylic acids is 1. The van der Waals surface area contributed by atoms with Crippen LogP contribution in [-0.4, -0.2) is 39.5 Å². The highest BCUT2D eigenvalue weighted by Crippen LogP contribution is 2.75. The number of benzene rings is 1. The summed E-state index contributed by atoms with van der Waals surface area (Å²) in [5.74, 6) is 0.617. The number of rotatable bonds is 4. The molecule has 6 nitrogen and oxygen atoms in total. The number of aromatic hydroxyl groups is 1. The molecule has 4 fully saturated rings. The van der Waals surface area contributed by atoms with Gasteiger partial charge in [-0.3, -0.25) is 4.79 Å². The fraction of sp³-hybridized carbons (Fsp3) is 0.692. The lowest BCUT2D eigenvalue weighted by molar-refractivity contribution is -0.238. The van der Waals surface area contributed by atoms with Crippen molar-refractivity contribution >= 4 is 18.0 Å². The molecule has 0 aliphatic heterocycles. The van der Waals surface area contributed by atoms with Crippen molar-refractivity contribution in [2.24, 2.45) is 56.7 Å². The largest absolute Gasteiger partial charge is 0.508 e. The summed E-state index contributed by atoms with van der Waals surface area (Å²) in [5, 5.41) is 32.0. The van der Waals surface area contributed by atoms with Gasteiger partial charge in [-0.05, 0) is 121 Å². The van der Waals surface area contributed by atoms with Crippen molar-refractivity contribution in [2.75, 3.05) is 0 Å². The third kappa shape index (κ3) is 4.58. The van der Waals surface area contributed by atoms with E-state index in [0.29, 0.717) is 24.2 Å². The lowest BCUT2D eigenvalue weighted by Gasteiger charge is -2.71. The molecule has 1 aromatic rings. The van der Waals surface area contributed by atoms with E-state index in [9.17, 15) is 24.9 Å². The molecule has 4 saturated carbocycles. The Bertz CT molecular complexity index is 1410. The van der Waals surface area contributed by atoms with Crippen LogP contribution in [0.1, 0.15) is 105 Å². The van der Waals surface area contributed by atoms with E-state index < -0.39 is 35.0 Å². The number of aliphatic hydroxyl groups excluding tert-OH is 1. The van der Waals surface area contributed by atoms with Crippen molar-refractivity contribution in [3.05, 3.63) is 47.6 Å². The van der Waals surface area contributed by atoms with Gasteiger partial charge in [0.2, 0.25) is 0 Å². The molecule has 11 atom stereocenters. The number of esters is 1. The minimum atomic E-state index is -0.780. The van der Waals surface area contributed by atoms with Crippen molar-refractivity contribution in [1.29, 1.82) is 0 Å². The number of aliphatic carboxylic acids is 1. The summed E-state index contributed by atoms with van der Waals surface area (Å²) in [6.07, 6.45) is 11.1. The standard InChI is InChI=1S/C39H54O6/c1-23-16-19-39(34(43)44)21-20-37(6)27(32(39)24(23)2)13-14-30-36(5)22-28(41)33(35(3,4)29(36)17-18-38(30,37)7)45-31(42)15-10-25-8-11-26(40)12-9-25/h8-13,15,23-24,28-30,32-33,40-41H,14,16-22H2,1-7H3,(H,43,44)/b15-10+/t23-,24+,28-,29?,30?,32+,33?,36+,37-,38-,39+/m1/s1. The third-order valence-electron chi connectivity index (χ3n) is 14.9. The molecule has 3 unspecified atom stereocenters. The Kier molecular flexibility index (Phi) is 7.70. The van der Waals surface area contributed by atoms with Gasteiger partial charge in [0, 0.05) is 11.5 Å². The van der Waals surface area contributed by atoms with Gasteiger partial charge in [-0.15, -0.1) is 0 Å². The predicted octanol–water partition coefficient (Wildman–Crippen LogP) is 8.03. The Labute approximate surface area is 269 Å². The monoisotopic (exact) mass is 618 g/mol. The fourth-order valence-corrected chi connectivity index (χ4v) is 12.1. The minimum absolute atomic E-state index is 0.0143. The summed E-state index contributed by atoms with van der Waals surface area (Å²) in [6, 6.07) is 6.62. The summed E-state index contributed by atoms with van der Waals surface area (Å²) in [7, 11) is 0. The first-order valence-electron chi connectivity index (χ1n) is 17.3. The summed E-state index contributed by atoms with van der Waals surface area (Å²) < 4.78 is 6.05. The van der Waals surface area contributed by atoms with Gasteiger partial charge in [-0.1, -0.05) is 72.2 Å². The van der Waals surface area contributed by atoms with E-state index in [1.165, 1.54) is 11.6 Å². The fourth-order valence-electron chi connectivity index (χ4n) is 12.1. The van der Waals surface area contributed by atoms with E-state index in [0.717, 1.165) is 50.5 Å². The van der Waals surface area contributed by atoms with Crippen LogP contribution in [0.5, 0.6) is 5.75 Å². The number of carboxylic acids is 1. The smallest absolute Gasteiger partial charge is 0.331 e. The Hall–Kier alpha value is -2.60. The molecule has 0 saturated heterocycles. The Balaban J connectivity index is 1.29. The van der Waals surface area contributed by atoms with Gasteiger partial charge in [0.25, 0.3) is 0 Å². The number of aliphatic hydroxyl groups is 1. The van der Waals surface area contributed by atoms with Crippen LogP contribution < -0.4 is 0 Å². The first-order chi connectivity index (χ1) is 21.0. The van der Waals surface area contributed by atoms with Crippen LogP contribution in [-0.2, 0) is 14.3 Å². The number of hydrogen-bond donors (Lipinski definition) is 3. The molecule has 3 N–H and O–H groups in total. The first kappa shape index (κ1) is 32.3. The van der Waals surface area contributed by atoms with Crippen LogP contribution in [0.4, 0.5) is 0 Å². The maximum absolute atomic E-state index is 13.0. The average molecular weight is 619 g/mol. The molecule has 5 aliphatic rings. The van der Waals surface area contributed by atoms with Crippen molar-refractivity contribution in [3.63, 3.8) is 0 Å². The van der Waals surface area contributed by atoms with Gasteiger partial charge >= 0.3 is 11.9 Å². The summed E-state index contributed by atoms with van der Waals surface area (Å²) in [4.78, 5) is 26.0. The molecule has 0 amide bonds. The minimum Gasteiger partial charge on any atom is -0.508 e. The second-order valence-electron chi connectivity index (χ2n) is 17.0. The molecule has 0 heterocycles. The van der Waals surface area contributed by atoms with Crippen LogP contribution in [0.25, 0.3) is 6.08 Å². The van der Waals surface area contributed by atoms with E-state index in [1.54, 1.807) is 30.3 Å². The molecule has 5 aliphatic carbocycles. The highest BCUT2D eigenvalue weighted by Gasteiger charge is 2.70. The highest BCUT2D eigenvalue weighted by atomic mass is 16.6. The number of allylic oxidation sites excluding steroid dienone is 2. The Morgan fingerprint density at radius 2 is 1.62 bits per heavy atom. The van der Waals surface area contributed by atoms with Crippen molar-refractivity contribution in [3.8, 4) is 5.75 Å². The summed E-state index contributed by atoms with van der Waals surface area (Å²) in [5.41, 5.74) is 0.857. The predicted molar refractivity (Wildman–Crippen MR) is 175 cm³/mol. The van der Waals surface area contributed by atoms with Crippen molar-refractivity contribution in [2.45, 2.75) is 112 Å². The first-order valence-corrected chi connectivity index (χ1v) is 17.3. The van der Waals surface area contributed by atoms with Gasteiger partial charge in [-0.25, -0.2) is 4.79 Å². The number of phenolic OH excluding ortho intramolecular Hbond substituents is 1. The van der Waals surface area contributed by atoms with E-state index in [2.05, 4.69) is 54.5 Å². The Morgan fingerprint density at radius 1 is 0.933 bits per heavy atom. The van der Waals surface area contributed by atoms with Gasteiger partial charge in [0.1, 0.15) is 11.9 Å². The molecular weight excluding hydrogens is 564 g/mol. The van der Waals surface area contributed by atoms with Crippen LogP contribution in [0.3, 0.4) is 0 Å². The zero-order valence-electron chi connectivity index (χ0n) is 28.3. The van der Waals surface area contributed by atoms with E-state index >= 15 is 0 Å².